The average Bonchev–Trinajstić information content (AvgIpc) is 2.71. The summed E-state index contributed by atoms with van der Waals surface area (Å²) in [5, 5.41) is 13.8. The van der Waals surface area contributed by atoms with Crippen molar-refractivity contribution in [2.75, 3.05) is 34.4 Å². The van der Waals surface area contributed by atoms with Gasteiger partial charge in [-0.15, -0.1) is 0 Å². The second-order valence-electron chi connectivity index (χ2n) is 6.14. The minimum atomic E-state index is -0.596. The van der Waals surface area contributed by atoms with Crippen molar-refractivity contribution in [3.8, 4) is 28.5 Å². The highest BCUT2D eigenvalue weighted by Crippen LogP contribution is 2.32. The van der Waals surface area contributed by atoms with Gasteiger partial charge in [-0.25, -0.2) is 4.98 Å². The van der Waals surface area contributed by atoms with Gasteiger partial charge in [0, 0.05) is 29.6 Å². The van der Waals surface area contributed by atoms with Crippen LogP contribution in [0.25, 0.3) is 22.2 Å². The molecule has 0 radical (unpaired) electrons. The highest BCUT2D eigenvalue weighted by atomic mass is 16.5. The summed E-state index contributed by atoms with van der Waals surface area (Å²) >= 11 is 0. The zero-order valence-corrected chi connectivity index (χ0v) is 15.7. The van der Waals surface area contributed by atoms with E-state index in [4.69, 9.17) is 19.2 Å². The van der Waals surface area contributed by atoms with E-state index in [1.807, 2.05) is 48.5 Å². The van der Waals surface area contributed by atoms with Gasteiger partial charge in [0.2, 0.25) is 0 Å². The van der Waals surface area contributed by atoms with Crippen LogP contribution in [-0.4, -0.2) is 50.6 Å². The molecule has 0 saturated heterocycles. The fourth-order valence-electron chi connectivity index (χ4n) is 2.81. The molecule has 6 heteroatoms. The molecule has 3 rings (SSSR count). The zero-order chi connectivity index (χ0) is 19.2. The number of methoxy groups -OCH3 is 2. The Bertz CT molecular complexity index is 897. The van der Waals surface area contributed by atoms with E-state index in [0.29, 0.717) is 12.3 Å². The Morgan fingerprint density at radius 2 is 1.70 bits per heavy atom. The molecule has 0 aliphatic carbocycles. The molecule has 0 amide bonds. The van der Waals surface area contributed by atoms with Gasteiger partial charge in [-0.2, -0.15) is 0 Å². The van der Waals surface area contributed by atoms with Crippen molar-refractivity contribution in [3.63, 3.8) is 0 Å². The minimum Gasteiger partial charge on any atom is -0.497 e. The number of aliphatic hydroxyl groups is 1. The molecule has 3 aromatic rings. The fourth-order valence-corrected chi connectivity index (χ4v) is 2.81. The Morgan fingerprint density at radius 1 is 1.00 bits per heavy atom. The maximum absolute atomic E-state index is 9.97. The van der Waals surface area contributed by atoms with E-state index in [0.717, 1.165) is 33.7 Å². The lowest BCUT2D eigenvalue weighted by Gasteiger charge is -2.15. The third kappa shape index (κ3) is 4.48. The van der Waals surface area contributed by atoms with Gasteiger partial charge in [-0.3, -0.25) is 0 Å². The lowest BCUT2D eigenvalue weighted by Crippen LogP contribution is -2.29. The first-order valence-electron chi connectivity index (χ1n) is 8.73. The Labute approximate surface area is 158 Å². The monoisotopic (exact) mass is 368 g/mol. The summed E-state index contributed by atoms with van der Waals surface area (Å²) in [5.41, 5.74) is 2.48. The van der Waals surface area contributed by atoms with E-state index >= 15 is 0 Å². The third-order valence-corrected chi connectivity index (χ3v) is 4.24. The molecule has 6 nitrogen and oxygen atoms in total. The van der Waals surface area contributed by atoms with Gasteiger partial charge in [0.05, 0.1) is 25.4 Å². The van der Waals surface area contributed by atoms with Gasteiger partial charge in [-0.05, 0) is 43.4 Å². The van der Waals surface area contributed by atoms with Crippen LogP contribution in [0, 0.1) is 0 Å². The van der Waals surface area contributed by atoms with Crippen molar-refractivity contribution in [1.82, 2.24) is 10.3 Å². The molecule has 2 N–H and O–H groups in total. The van der Waals surface area contributed by atoms with Gasteiger partial charge < -0.3 is 24.6 Å². The van der Waals surface area contributed by atoms with Gasteiger partial charge in [0.15, 0.2) is 0 Å². The quantitative estimate of drug-likeness (QED) is 0.637. The van der Waals surface area contributed by atoms with E-state index in [1.165, 1.54) is 0 Å². The number of aromatic nitrogens is 1. The maximum Gasteiger partial charge on any atom is 0.131 e. The summed E-state index contributed by atoms with van der Waals surface area (Å²) in [6.45, 7) is 0.649. The molecule has 0 fully saturated rings. The third-order valence-electron chi connectivity index (χ3n) is 4.24. The van der Waals surface area contributed by atoms with Crippen molar-refractivity contribution >= 4 is 10.9 Å². The van der Waals surface area contributed by atoms with E-state index in [9.17, 15) is 5.11 Å². The summed E-state index contributed by atoms with van der Waals surface area (Å²) in [6, 6.07) is 15.2. The molecule has 0 saturated carbocycles. The van der Waals surface area contributed by atoms with Crippen molar-refractivity contribution in [1.29, 1.82) is 0 Å². The van der Waals surface area contributed by atoms with Crippen molar-refractivity contribution in [2.45, 2.75) is 6.10 Å². The molecule has 0 aliphatic rings. The molecular formula is C21H24N2O4. The largest absolute Gasteiger partial charge is 0.497 e. The van der Waals surface area contributed by atoms with E-state index < -0.39 is 6.10 Å². The van der Waals surface area contributed by atoms with E-state index in [2.05, 4.69) is 5.32 Å². The van der Waals surface area contributed by atoms with Crippen LogP contribution < -0.4 is 19.5 Å². The lowest BCUT2D eigenvalue weighted by molar-refractivity contribution is 0.109. The van der Waals surface area contributed by atoms with Crippen LogP contribution in [0.3, 0.4) is 0 Å². The SMILES string of the molecule is CNC[C@H](O)COc1cc(-c2ccc(OC)cc2)nc2cc(OC)ccc12. The number of nitrogens with one attached hydrogen (secondary N) is 1. The van der Waals surface area contributed by atoms with Crippen LogP contribution >= 0.6 is 0 Å². The standard InChI is InChI=1S/C21H24N2O4/c1-22-12-15(24)13-27-21-11-19(14-4-6-16(25-2)7-5-14)23-20-10-17(26-3)8-9-18(20)21/h4-11,15,22,24H,12-13H2,1-3H3/t15-/m0/s1. The number of hydrogen-bond donors (Lipinski definition) is 2. The summed E-state index contributed by atoms with van der Waals surface area (Å²) in [5.74, 6) is 2.18. The van der Waals surface area contributed by atoms with Crippen LogP contribution in [0.5, 0.6) is 17.2 Å². The van der Waals surface area contributed by atoms with Gasteiger partial charge in [0.1, 0.15) is 30.0 Å². The first kappa shape index (κ1) is 18.9. The van der Waals surface area contributed by atoms with Crippen LogP contribution in [0.4, 0.5) is 0 Å². The number of benzene rings is 2. The molecule has 0 unspecified atom stereocenters. The summed E-state index contributed by atoms with van der Waals surface area (Å²) < 4.78 is 16.5. The van der Waals surface area contributed by atoms with E-state index in [-0.39, 0.29) is 6.61 Å². The number of pyridine rings is 1. The van der Waals surface area contributed by atoms with Crippen LogP contribution in [0.15, 0.2) is 48.5 Å². The van der Waals surface area contributed by atoms with Crippen molar-refractivity contribution < 1.29 is 19.3 Å². The topological polar surface area (TPSA) is 72.8 Å². The first-order chi connectivity index (χ1) is 13.1. The number of hydrogen-bond acceptors (Lipinski definition) is 6. The molecule has 1 aromatic heterocycles. The second kappa shape index (κ2) is 8.70. The number of likely N-dealkylation sites (N-methyl/N-ethyl adjacent to an activating group) is 1. The smallest absolute Gasteiger partial charge is 0.131 e. The Kier molecular flexibility index (Phi) is 6.11. The fraction of sp³-hybridized carbons (Fsp3) is 0.286. The van der Waals surface area contributed by atoms with Crippen LogP contribution in [0.2, 0.25) is 0 Å². The predicted molar refractivity (Wildman–Crippen MR) is 106 cm³/mol. The van der Waals surface area contributed by atoms with Crippen molar-refractivity contribution in [2.24, 2.45) is 0 Å². The minimum absolute atomic E-state index is 0.189. The number of ether oxygens (including phenoxy) is 3. The lowest BCUT2D eigenvalue weighted by atomic mass is 10.1. The van der Waals surface area contributed by atoms with Crippen LogP contribution in [0.1, 0.15) is 0 Å². The predicted octanol–water partition coefficient (Wildman–Crippen LogP) is 2.88. The molecule has 0 spiro atoms. The number of fused-ring (bicyclic) bond motifs is 1. The number of rotatable bonds is 8. The number of nitrogens with zero attached hydrogens (tertiary/aromatic N) is 1. The molecule has 1 heterocycles. The molecular weight excluding hydrogens is 344 g/mol. The Morgan fingerprint density at radius 3 is 2.37 bits per heavy atom. The number of aliphatic hydroxyl groups excluding tert-OH is 1. The van der Waals surface area contributed by atoms with Crippen LogP contribution in [-0.2, 0) is 0 Å². The highest BCUT2D eigenvalue weighted by Gasteiger charge is 2.12. The maximum atomic E-state index is 9.97. The van der Waals surface area contributed by atoms with E-state index in [1.54, 1.807) is 21.3 Å². The van der Waals surface area contributed by atoms with Gasteiger partial charge in [0.25, 0.3) is 0 Å². The van der Waals surface area contributed by atoms with Gasteiger partial charge in [-0.1, -0.05) is 0 Å². The molecule has 142 valence electrons. The van der Waals surface area contributed by atoms with Gasteiger partial charge >= 0.3 is 0 Å². The summed E-state index contributed by atoms with van der Waals surface area (Å²) in [7, 11) is 5.05. The Hall–Kier alpha value is -2.83. The highest BCUT2D eigenvalue weighted by molar-refractivity contribution is 5.89. The summed E-state index contributed by atoms with van der Waals surface area (Å²) in [4.78, 5) is 4.76. The average molecular weight is 368 g/mol. The second-order valence-corrected chi connectivity index (χ2v) is 6.14. The zero-order valence-electron chi connectivity index (χ0n) is 15.7. The van der Waals surface area contributed by atoms with Crippen molar-refractivity contribution in [3.05, 3.63) is 48.5 Å². The summed E-state index contributed by atoms with van der Waals surface area (Å²) in [6.07, 6.45) is -0.596. The molecule has 0 bridgehead atoms. The normalized spacial score (nSPS) is 12.0. The molecule has 27 heavy (non-hydrogen) atoms. The molecule has 2 aromatic carbocycles. The Balaban J connectivity index is 2.02. The first-order valence-corrected chi connectivity index (χ1v) is 8.73. The molecule has 1 atom stereocenters. The molecule has 0 aliphatic heterocycles.